The maximum atomic E-state index is 11.7. The van der Waals surface area contributed by atoms with E-state index in [2.05, 4.69) is 24.1 Å². The Labute approximate surface area is 148 Å². The molecule has 0 aliphatic heterocycles. The minimum Gasteiger partial charge on any atom is -0.548 e. The minimum absolute atomic E-state index is 0.523. The molecule has 0 aliphatic rings. The van der Waals surface area contributed by atoms with E-state index in [1.165, 1.54) is 0 Å². The van der Waals surface area contributed by atoms with Crippen molar-refractivity contribution in [3.8, 4) is 6.07 Å². The number of nitrogens with zero attached hydrogens (tertiary/aromatic N) is 2. The molecule has 1 N–H and O–H groups in total. The summed E-state index contributed by atoms with van der Waals surface area (Å²) in [5.74, 6) is -1.19. The van der Waals surface area contributed by atoms with Crippen molar-refractivity contribution in [1.29, 1.82) is 5.26 Å². The van der Waals surface area contributed by atoms with Gasteiger partial charge >= 0.3 is 0 Å². The van der Waals surface area contributed by atoms with Gasteiger partial charge in [-0.05, 0) is 68.3 Å². The number of carbonyl (C=O) groups excluding carboxylic acids is 1. The number of carboxylic acid groups (broad SMARTS) is 1. The number of aliphatic carboxylic acids is 1. The molecule has 130 valence electrons. The lowest BCUT2D eigenvalue weighted by molar-refractivity contribution is -0.307. The lowest BCUT2D eigenvalue weighted by atomic mass is 10.0. The van der Waals surface area contributed by atoms with Gasteiger partial charge in [-0.3, -0.25) is 0 Å². The van der Waals surface area contributed by atoms with Crippen LogP contribution < -0.4 is 15.3 Å². The third-order valence-electron chi connectivity index (χ3n) is 4.11. The van der Waals surface area contributed by atoms with Gasteiger partial charge in [0.25, 0.3) is 0 Å². The van der Waals surface area contributed by atoms with Gasteiger partial charge in [-0.1, -0.05) is 6.07 Å². The Morgan fingerprint density at radius 2 is 1.84 bits per heavy atom. The molecule has 0 bridgehead atoms. The Morgan fingerprint density at radius 1 is 1.20 bits per heavy atom. The van der Waals surface area contributed by atoms with Crippen LogP contribution in [0, 0.1) is 18.3 Å². The van der Waals surface area contributed by atoms with E-state index in [1.807, 2.05) is 31.2 Å². The minimum atomic E-state index is -1.19. The molecule has 0 fully saturated rings. The summed E-state index contributed by atoms with van der Waals surface area (Å²) >= 11 is 0. The second kappa shape index (κ2) is 8.20. The van der Waals surface area contributed by atoms with Gasteiger partial charge in [0.15, 0.2) is 0 Å². The summed E-state index contributed by atoms with van der Waals surface area (Å²) in [6, 6.07) is 13.5. The molecule has 2 aromatic rings. The van der Waals surface area contributed by atoms with Gasteiger partial charge in [-0.25, -0.2) is 0 Å². The number of hydrogen-bond donors (Lipinski definition) is 1. The van der Waals surface area contributed by atoms with Crippen LogP contribution in [0.3, 0.4) is 0 Å². The van der Waals surface area contributed by atoms with Crippen LogP contribution in [0.5, 0.6) is 0 Å². The average molecular weight is 336 g/mol. The molecule has 0 spiro atoms. The molecule has 0 saturated heterocycles. The largest absolute Gasteiger partial charge is 0.548 e. The normalized spacial score (nSPS) is 11.4. The lowest BCUT2D eigenvalue weighted by Gasteiger charge is -2.26. The summed E-state index contributed by atoms with van der Waals surface area (Å²) in [5, 5.41) is 23.6. The molecule has 1 unspecified atom stereocenters. The SMILES string of the molecule is CCN(CC)c1cc(C)cc(C(Nc2ccc(C#N)cc2)C(=O)[O-])c1. The van der Waals surface area contributed by atoms with E-state index in [0.29, 0.717) is 16.8 Å². The summed E-state index contributed by atoms with van der Waals surface area (Å²) < 4.78 is 0. The zero-order valence-corrected chi connectivity index (χ0v) is 14.7. The summed E-state index contributed by atoms with van der Waals surface area (Å²) in [5.41, 5.74) is 3.78. The van der Waals surface area contributed by atoms with Gasteiger partial charge in [-0.15, -0.1) is 0 Å². The standard InChI is InChI=1S/C20H23N3O2/c1-4-23(5-2)18-11-14(3)10-16(12-18)19(20(24)25)22-17-8-6-15(13-21)7-9-17/h6-12,19,22H,4-5H2,1-3H3,(H,24,25)/p-1. The molecule has 25 heavy (non-hydrogen) atoms. The molecule has 0 aliphatic carbocycles. The first kappa shape index (κ1) is 18.3. The fourth-order valence-electron chi connectivity index (χ4n) is 2.82. The third-order valence-corrected chi connectivity index (χ3v) is 4.11. The van der Waals surface area contributed by atoms with Crippen molar-refractivity contribution in [3.05, 3.63) is 59.2 Å². The smallest absolute Gasteiger partial charge is 0.0991 e. The molecule has 0 amide bonds. The van der Waals surface area contributed by atoms with Crippen molar-refractivity contribution < 1.29 is 9.90 Å². The van der Waals surface area contributed by atoms with E-state index in [4.69, 9.17) is 5.26 Å². The van der Waals surface area contributed by atoms with Gasteiger partial charge < -0.3 is 20.1 Å². The van der Waals surface area contributed by atoms with Gasteiger partial charge in [-0.2, -0.15) is 5.26 Å². The maximum Gasteiger partial charge on any atom is 0.0991 e. The quantitative estimate of drug-likeness (QED) is 0.841. The molecule has 2 aromatic carbocycles. The molecule has 0 aromatic heterocycles. The molecule has 2 rings (SSSR count). The molecule has 1 atom stereocenters. The molecule has 5 heteroatoms. The summed E-state index contributed by atoms with van der Waals surface area (Å²) in [4.78, 5) is 13.9. The number of benzene rings is 2. The predicted molar refractivity (Wildman–Crippen MR) is 97.3 cm³/mol. The van der Waals surface area contributed by atoms with Crippen molar-refractivity contribution >= 4 is 17.3 Å². The van der Waals surface area contributed by atoms with Crippen LogP contribution in [-0.4, -0.2) is 19.1 Å². The second-order valence-electron chi connectivity index (χ2n) is 5.86. The van der Waals surface area contributed by atoms with Gasteiger partial charge in [0.2, 0.25) is 0 Å². The Hall–Kier alpha value is -3.00. The summed E-state index contributed by atoms with van der Waals surface area (Å²) in [7, 11) is 0. The van der Waals surface area contributed by atoms with Crippen LogP contribution in [-0.2, 0) is 4.79 Å². The van der Waals surface area contributed by atoms with Crippen molar-refractivity contribution in [2.75, 3.05) is 23.3 Å². The number of carbonyl (C=O) groups is 1. The van der Waals surface area contributed by atoms with Crippen LogP contribution in [0.1, 0.15) is 36.6 Å². The summed E-state index contributed by atoms with van der Waals surface area (Å²) in [6.45, 7) is 7.77. The highest BCUT2D eigenvalue weighted by Gasteiger charge is 2.15. The predicted octanol–water partition coefficient (Wildman–Crippen LogP) is 2.62. The highest BCUT2D eigenvalue weighted by Crippen LogP contribution is 2.26. The van der Waals surface area contributed by atoms with Crippen LogP contribution in [0.4, 0.5) is 11.4 Å². The van der Waals surface area contributed by atoms with Crippen LogP contribution in [0.15, 0.2) is 42.5 Å². The second-order valence-corrected chi connectivity index (χ2v) is 5.86. The fraction of sp³-hybridized carbons (Fsp3) is 0.300. The van der Waals surface area contributed by atoms with Crippen molar-refractivity contribution in [2.45, 2.75) is 26.8 Å². The van der Waals surface area contributed by atoms with E-state index in [-0.39, 0.29) is 0 Å². The Morgan fingerprint density at radius 3 is 2.36 bits per heavy atom. The van der Waals surface area contributed by atoms with Gasteiger partial charge in [0, 0.05) is 24.5 Å². The maximum absolute atomic E-state index is 11.7. The molecule has 0 saturated carbocycles. The lowest BCUT2D eigenvalue weighted by Crippen LogP contribution is -2.34. The molecular weight excluding hydrogens is 314 g/mol. The number of aryl methyl sites for hydroxylation is 1. The first-order valence-corrected chi connectivity index (χ1v) is 8.32. The van der Waals surface area contributed by atoms with Gasteiger partial charge in [0.1, 0.15) is 0 Å². The average Bonchev–Trinajstić information content (AvgIpc) is 2.60. The van der Waals surface area contributed by atoms with E-state index in [0.717, 1.165) is 24.3 Å². The van der Waals surface area contributed by atoms with Crippen molar-refractivity contribution in [2.24, 2.45) is 0 Å². The summed E-state index contributed by atoms with van der Waals surface area (Å²) in [6.07, 6.45) is 0. The van der Waals surface area contributed by atoms with E-state index in [9.17, 15) is 9.90 Å². The number of nitriles is 1. The number of carboxylic acids is 1. The number of nitrogens with one attached hydrogen (secondary N) is 1. The first-order chi connectivity index (χ1) is 12.0. The number of anilines is 2. The zero-order chi connectivity index (χ0) is 18.4. The monoisotopic (exact) mass is 336 g/mol. The van der Waals surface area contributed by atoms with Crippen LogP contribution in [0.25, 0.3) is 0 Å². The molecule has 5 nitrogen and oxygen atoms in total. The Bertz CT molecular complexity index is 775. The number of hydrogen-bond acceptors (Lipinski definition) is 5. The Balaban J connectivity index is 2.36. The molecule has 0 heterocycles. The Kier molecular flexibility index (Phi) is 6.02. The van der Waals surface area contributed by atoms with E-state index >= 15 is 0 Å². The highest BCUT2D eigenvalue weighted by atomic mass is 16.4. The molecular formula is C20H22N3O2-. The van der Waals surface area contributed by atoms with Crippen LogP contribution in [0.2, 0.25) is 0 Å². The fourth-order valence-corrected chi connectivity index (χ4v) is 2.82. The zero-order valence-electron chi connectivity index (χ0n) is 14.7. The van der Waals surface area contributed by atoms with Crippen LogP contribution >= 0.6 is 0 Å². The third kappa shape index (κ3) is 4.51. The number of rotatable bonds is 7. The van der Waals surface area contributed by atoms with E-state index < -0.39 is 12.0 Å². The first-order valence-electron chi connectivity index (χ1n) is 8.32. The van der Waals surface area contributed by atoms with Crippen molar-refractivity contribution in [1.82, 2.24) is 0 Å². The topological polar surface area (TPSA) is 79.2 Å². The molecule has 0 radical (unpaired) electrons. The van der Waals surface area contributed by atoms with Crippen molar-refractivity contribution in [3.63, 3.8) is 0 Å². The van der Waals surface area contributed by atoms with E-state index in [1.54, 1.807) is 24.3 Å². The van der Waals surface area contributed by atoms with Gasteiger partial charge in [0.05, 0.1) is 23.6 Å². The highest BCUT2D eigenvalue weighted by molar-refractivity contribution is 5.78.